The normalized spacial score (nSPS) is 14.1. The number of esters is 1. The van der Waals surface area contributed by atoms with Gasteiger partial charge in [0, 0.05) is 6.42 Å². The maximum Gasteiger partial charge on any atom is 0.353 e. The van der Waals surface area contributed by atoms with E-state index in [1.54, 1.807) is 13.3 Å². The molecule has 103 valence electrons. The van der Waals surface area contributed by atoms with E-state index in [1.807, 2.05) is 58.0 Å². The van der Waals surface area contributed by atoms with Gasteiger partial charge in [0.15, 0.2) is 0 Å². The van der Waals surface area contributed by atoms with E-state index >= 15 is 0 Å². The first-order chi connectivity index (χ1) is 8.83. The van der Waals surface area contributed by atoms with Crippen molar-refractivity contribution < 1.29 is 9.53 Å². The van der Waals surface area contributed by atoms with Crippen LogP contribution < -0.4 is 0 Å². The first kappa shape index (κ1) is 15.4. The second-order valence-electron chi connectivity index (χ2n) is 5.39. The molecule has 1 aromatic rings. The molecule has 0 saturated heterocycles. The van der Waals surface area contributed by atoms with Crippen LogP contribution in [0.3, 0.4) is 0 Å². The van der Waals surface area contributed by atoms with Gasteiger partial charge in [-0.2, -0.15) is 0 Å². The predicted octanol–water partition coefficient (Wildman–Crippen LogP) is 3.75. The minimum Gasteiger partial charge on any atom is -0.455 e. The minimum atomic E-state index is -0.503. The fraction of sp³-hybridized carbons (Fsp3) is 0.438. The molecular weight excluding hydrogens is 238 g/mol. The topological polar surface area (TPSA) is 38.7 Å². The lowest BCUT2D eigenvalue weighted by Crippen LogP contribution is -2.29. The van der Waals surface area contributed by atoms with Gasteiger partial charge in [0.1, 0.15) is 11.3 Å². The van der Waals surface area contributed by atoms with Crippen LogP contribution in [0, 0.1) is 6.42 Å². The van der Waals surface area contributed by atoms with Gasteiger partial charge in [-0.1, -0.05) is 37.3 Å². The number of hydrogen-bond donors (Lipinski definition) is 0. The van der Waals surface area contributed by atoms with Gasteiger partial charge >= 0.3 is 5.97 Å². The molecule has 0 aliphatic carbocycles. The van der Waals surface area contributed by atoms with Crippen LogP contribution in [0.1, 0.15) is 46.2 Å². The molecular formula is C16H22NO2. The summed E-state index contributed by atoms with van der Waals surface area (Å²) < 4.78 is 5.33. The van der Waals surface area contributed by atoms with Crippen LogP contribution in [0.15, 0.2) is 35.3 Å². The van der Waals surface area contributed by atoms with Gasteiger partial charge in [-0.25, -0.2) is 4.79 Å². The highest BCUT2D eigenvalue weighted by molar-refractivity contribution is 6.40. The molecule has 1 rings (SSSR count). The number of benzene rings is 1. The molecule has 0 saturated carbocycles. The molecule has 3 nitrogen and oxygen atoms in total. The third-order valence-electron chi connectivity index (χ3n) is 2.50. The maximum absolute atomic E-state index is 12.0. The summed E-state index contributed by atoms with van der Waals surface area (Å²) in [7, 11) is 0. The lowest BCUT2D eigenvalue weighted by Gasteiger charge is -2.20. The van der Waals surface area contributed by atoms with Gasteiger partial charge < -0.3 is 4.74 Å². The van der Waals surface area contributed by atoms with Crippen molar-refractivity contribution in [3.8, 4) is 0 Å². The highest BCUT2D eigenvalue weighted by Crippen LogP contribution is 2.17. The first-order valence-corrected chi connectivity index (χ1v) is 6.49. The summed E-state index contributed by atoms with van der Waals surface area (Å²) in [6.45, 7) is 9.29. The molecule has 0 N–H and O–H groups in total. The molecule has 0 unspecified atom stereocenters. The van der Waals surface area contributed by atoms with Crippen molar-refractivity contribution in [3.05, 3.63) is 42.3 Å². The highest BCUT2D eigenvalue weighted by atomic mass is 16.6. The number of aliphatic imine (C=N–C) groups is 1. The highest BCUT2D eigenvalue weighted by Gasteiger charge is 2.20. The minimum absolute atomic E-state index is 0.0695. The molecule has 3 heteroatoms. The molecule has 1 aromatic carbocycles. The smallest absolute Gasteiger partial charge is 0.353 e. The molecule has 1 atom stereocenters. The Morgan fingerprint density at radius 1 is 1.26 bits per heavy atom. The molecule has 0 bridgehead atoms. The third kappa shape index (κ3) is 5.25. The number of nitrogens with zero attached hydrogens (tertiary/aromatic N) is 1. The van der Waals surface area contributed by atoms with Gasteiger partial charge in [-0.3, -0.25) is 4.99 Å². The second kappa shape index (κ2) is 6.50. The van der Waals surface area contributed by atoms with E-state index in [2.05, 4.69) is 4.99 Å². The Balaban J connectivity index is 2.85. The molecule has 19 heavy (non-hydrogen) atoms. The molecule has 0 aliphatic rings. The van der Waals surface area contributed by atoms with Crippen LogP contribution in [0.25, 0.3) is 0 Å². The fourth-order valence-corrected chi connectivity index (χ4v) is 1.59. The summed E-state index contributed by atoms with van der Waals surface area (Å²) in [6, 6.07) is 9.81. The van der Waals surface area contributed by atoms with E-state index in [9.17, 15) is 4.79 Å². The summed E-state index contributed by atoms with van der Waals surface area (Å²) >= 11 is 0. The van der Waals surface area contributed by atoms with E-state index in [0.29, 0.717) is 5.71 Å². The molecule has 0 spiro atoms. The summed E-state index contributed by atoms with van der Waals surface area (Å²) in [5, 5.41) is 0. The van der Waals surface area contributed by atoms with E-state index in [-0.39, 0.29) is 12.0 Å². The second-order valence-corrected chi connectivity index (χ2v) is 5.39. The van der Waals surface area contributed by atoms with Crippen LogP contribution in [0.4, 0.5) is 0 Å². The van der Waals surface area contributed by atoms with E-state index < -0.39 is 5.60 Å². The van der Waals surface area contributed by atoms with Gasteiger partial charge in [-0.05, 0) is 33.3 Å². The molecule has 0 aliphatic heterocycles. The lowest BCUT2D eigenvalue weighted by molar-refractivity contribution is -0.146. The lowest BCUT2D eigenvalue weighted by atomic mass is 10.1. The SMILES string of the molecule is C[CH]C(=N[C@H](C)c1ccccc1)C(=O)OC(C)(C)C. The molecule has 0 heterocycles. The Kier molecular flexibility index (Phi) is 5.28. The summed E-state index contributed by atoms with van der Waals surface area (Å²) in [5.41, 5.74) is 0.938. The Morgan fingerprint density at radius 3 is 2.32 bits per heavy atom. The third-order valence-corrected chi connectivity index (χ3v) is 2.50. The zero-order valence-electron chi connectivity index (χ0n) is 12.3. The number of hydrogen-bond acceptors (Lipinski definition) is 3. The zero-order valence-corrected chi connectivity index (χ0v) is 12.3. The quantitative estimate of drug-likeness (QED) is 0.611. The van der Waals surface area contributed by atoms with Gasteiger partial charge in [-0.15, -0.1) is 0 Å². The van der Waals surface area contributed by atoms with Crippen molar-refractivity contribution in [2.75, 3.05) is 0 Å². The summed E-state index contributed by atoms with van der Waals surface area (Å²) in [5.74, 6) is -0.377. The number of rotatable bonds is 4. The van der Waals surface area contributed by atoms with Crippen LogP contribution in [-0.2, 0) is 9.53 Å². The summed E-state index contributed by atoms with van der Waals surface area (Å²) in [4.78, 5) is 16.4. The molecule has 1 radical (unpaired) electrons. The average molecular weight is 260 g/mol. The molecule has 0 fully saturated rings. The Hall–Kier alpha value is -1.64. The van der Waals surface area contributed by atoms with Crippen LogP contribution >= 0.6 is 0 Å². The Labute approximate surface area is 115 Å². The Morgan fingerprint density at radius 2 is 1.84 bits per heavy atom. The first-order valence-electron chi connectivity index (χ1n) is 6.49. The van der Waals surface area contributed by atoms with Gasteiger partial charge in [0.05, 0.1) is 6.04 Å². The van der Waals surface area contributed by atoms with Crippen molar-refractivity contribution >= 4 is 11.7 Å². The zero-order chi connectivity index (χ0) is 14.5. The van der Waals surface area contributed by atoms with Gasteiger partial charge in [0.25, 0.3) is 0 Å². The van der Waals surface area contributed by atoms with Crippen LogP contribution in [-0.4, -0.2) is 17.3 Å². The standard InChI is InChI=1S/C16H22NO2/c1-6-14(15(18)19-16(3,4)5)17-12(2)13-10-8-7-9-11-13/h6-12H,1-5H3/t12-/m1/s1. The van der Waals surface area contributed by atoms with E-state index in [1.165, 1.54) is 0 Å². The molecule has 0 amide bonds. The fourth-order valence-electron chi connectivity index (χ4n) is 1.59. The largest absolute Gasteiger partial charge is 0.455 e. The van der Waals surface area contributed by atoms with Crippen molar-refractivity contribution in [1.29, 1.82) is 0 Å². The maximum atomic E-state index is 12.0. The number of ether oxygens (including phenoxy) is 1. The number of carbonyl (C=O) groups excluding carboxylic acids is 1. The Bertz CT molecular complexity index is 444. The van der Waals surface area contributed by atoms with Crippen LogP contribution in [0.2, 0.25) is 0 Å². The van der Waals surface area contributed by atoms with E-state index in [4.69, 9.17) is 4.74 Å². The average Bonchev–Trinajstić information content (AvgIpc) is 2.34. The van der Waals surface area contributed by atoms with Crippen LogP contribution in [0.5, 0.6) is 0 Å². The molecule has 0 aromatic heterocycles. The van der Waals surface area contributed by atoms with E-state index in [0.717, 1.165) is 5.56 Å². The van der Waals surface area contributed by atoms with Crippen molar-refractivity contribution in [3.63, 3.8) is 0 Å². The summed E-state index contributed by atoms with van der Waals surface area (Å²) in [6.07, 6.45) is 1.69. The van der Waals surface area contributed by atoms with Gasteiger partial charge in [0.2, 0.25) is 0 Å². The van der Waals surface area contributed by atoms with Crippen molar-refractivity contribution in [2.24, 2.45) is 4.99 Å². The van der Waals surface area contributed by atoms with Crippen molar-refractivity contribution in [1.82, 2.24) is 0 Å². The monoisotopic (exact) mass is 260 g/mol. The predicted molar refractivity (Wildman–Crippen MR) is 78.1 cm³/mol. The number of carbonyl (C=O) groups is 1. The van der Waals surface area contributed by atoms with Crippen molar-refractivity contribution in [2.45, 2.75) is 46.3 Å².